The highest BCUT2D eigenvalue weighted by atomic mass is 16.6. The average Bonchev–Trinajstić information content (AvgIpc) is 2.44. The fourth-order valence-corrected chi connectivity index (χ4v) is 1.64. The number of rotatable bonds is 9. The molecule has 3 N–H and O–H groups in total. The fraction of sp³-hybridized carbons (Fsp3) is 0.615. The molecule has 0 aromatic carbocycles. The second-order valence-corrected chi connectivity index (χ2v) is 4.53. The summed E-state index contributed by atoms with van der Waals surface area (Å²) >= 11 is 0. The van der Waals surface area contributed by atoms with E-state index in [0.717, 1.165) is 13.0 Å². The van der Waals surface area contributed by atoms with E-state index >= 15 is 0 Å². The molecule has 0 spiro atoms. The maximum atomic E-state index is 11.0. The molecule has 0 aliphatic rings. The first-order chi connectivity index (χ1) is 9.58. The van der Waals surface area contributed by atoms with Crippen molar-refractivity contribution < 1.29 is 10.0 Å². The quantitative estimate of drug-likeness (QED) is 0.475. The van der Waals surface area contributed by atoms with Crippen LogP contribution in [0.4, 0.5) is 17.3 Å². The molecule has 0 aliphatic heterocycles. The summed E-state index contributed by atoms with van der Waals surface area (Å²) in [6.45, 7) is 5.13. The highest BCUT2D eigenvalue weighted by Gasteiger charge is 2.15. The molecule has 1 aromatic rings. The van der Waals surface area contributed by atoms with Crippen LogP contribution < -0.4 is 10.6 Å². The number of aliphatic hydroxyl groups excluding tert-OH is 1. The molecular formula is C13H22N4O3. The van der Waals surface area contributed by atoms with Gasteiger partial charge in [0.05, 0.1) is 11.0 Å². The predicted molar refractivity (Wildman–Crippen MR) is 79.1 cm³/mol. The van der Waals surface area contributed by atoms with E-state index in [1.165, 1.54) is 6.07 Å². The molecule has 0 aliphatic carbocycles. The summed E-state index contributed by atoms with van der Waals surface area (Å²) in [7, 11) is 0. The number of hydrogen-bond donors (Lipinski definition) is 3. The van der Waals surface area contributed by atoms with Gasteiger partial charge < -0.3 is 15.7 Å². The molecule has 0 saturated heterocycles. The number of aliphatic hydroxyl groups is 1. The van der Waals surface area contributed by atoms with Crippen molar-refractivity contribution >= 4 is 17.3 Å². The van der Waals surface area contributed by atoms with Crippen molar-refractivity contribution in [2.45, 2.75) is 39.2 Å². The average molecular weight is 282 g/mol. The Balaban J connectivity index is 2.75. The van der Waals surface area contributed by atoms with Gasteiger partial charge in [-0.25, -0.2) is 4.98 Å². The first-order valence-electron chi connectivity index (χ1n) is 6.89. The molecule has 1 aromatic heterocycles. The molecule has 7 nitrogen and oxygen atoms in total. The van der Waals surface area contributed by atoms with Gasteiger partial charge in [-0.2, -0.15) is 0 Å². The zero-order valence-electron chi connectivity index (χ0n) is 11.9. The van der Waals surface area contributed by atoms with E-state index in [-0.39, 0.29) is 11.5 Å². The highest BCUT2D eigenvalue weighted by molar-refractivity contribution is 5.60. The number of nitrogens with zero attached hydrogens (tertiary/aromatic N) is 2. The molecule has 0 saturated carbocycles. The Labute approximate surface area is 118 Å². The van der Waals surface area contributed by atoms with E-state index in [1.54, 1.807) is 6.07 Å². The van der Waals surface area contributed by atoms with Crippen LogP contribution >= 0.6 is 0 Å². The van der Waals surface area contributed by atoms with Crippen molar-refractivity contribution in [3.05, 3.63) is 22.2 Å². The molecule has 1 atom stereocenters. The second-order valence-electron chi connectivity index (χ2n) is 4.53. The minimum Gasteiger partial charge on any atom is -0.393 e. The number of aromatic nitrogens is 1. The van der Waals surface area contributed by atoms with Crippen LogP contribution in [0.1, 0.15) is 33.1 Å². The van der Waals surface area contributed by atoms with Gasteiger partial charge in [0.25, 0.3) is 0 Å². The van der Waals surface area contributed by atoms with E-state index in [2.05, 4.69) is 15.6 Å². The molecule has 1 unspecified atom stereocenters. The van der Waals surface area contributed by atoms with Gasteiger partial charge in [0, 0.05) is 19.2 Å². The third kappa shape index (κ3) is 5.00. The maximum Gasteiger partial charge on any atom is 0.311 e. The lowest BCUT2D eigenvalue weighted by Crippen LogP contribution is -2.14. The molecule has 1 heterocycles. The Morgan fingerprint density at radius 1 is 1.35 bits per heavy atom. The van der Waals surface area contributed by atoms with E-state index < -0.39 is 11.0 Å². The lowest BCUT2D eigenvalue weighted by atomic mass is 10.2. The van der Waals surface area contributed by atoms with Crippen LogP contribution in [-0.2, 0) is 0 Å². The summed E-state index contributed by atoms with van der Waals surface area (Å²) in [5.41, 5.74) is -0.0574. The van der Waals surface area contributed by atoms with Crippen LogP contribution in [-0.4, -0.2) is 34.2 Å². The van der Waals surface area contributed by atoms with Gasteiger partial charge in [-0.15, -0.1) is 0 Å². The summed E-state index contributed by atoms with van der Waals surface area (Å²) in [4.78, 5) is 14.7. The molecule has 0 fully saturated rings. The van der Waals surface area contributed by atoms with Crippen molar-refractivity contribution in [1.29, 1.82) is 0 Å². The Hall–Kier alpha value is -1.89. The number of nitro groups is 1. The lowest BCUT2D eigenvalue weighted by molar-refractivity contribution is -0.384. The minimum absolute atomic E-state index is 0.0574. The van der Waals surface area contributed by atoms with Crippen molar-refractivity contribution in [2.24, 2.45) is 0 Å². The summed E-state index contributed by atoms with van der Waals surface area (Å²) in [6, 6.07) is 3.03. The smallest absolute Gasteiger partial charge is 0.311 e. The molecule has 0 radical (unpaired) electrons. The SMILES string of the molecule is CCCNc1ccc([N+](=O)[O-])c(NCCC(O)CC)n1. The predicted octanol–water partition coefficient (Wildman–Crippen LogP) is 2.38. The number of pyridine rings is 1. The first-order valence-corrected chi connectivity index (χ1v) is 6.89. The fourth-order valence-electron chi connectivity index (χ4n) is 1.64. The van der Waals surface area contributed by atoms with Crippen molar-refractivity contribution in [2.75, 3.05) is 23.7 Å². The molecule has 0 amide bonds. The van der Waals surface area contributed by atoms with E-state index in [0.29, 0.717) is 25.2 Å². The zero-order chi connectivity index (χ0) is 15.0. The van der Waals surface area contributed by atoms with Crippen LogP contribution in [0.15, 0.2) is 12.1 Å². The van der Waals surface area contributed by atoms with E-state index in [1.807, 2.05) is 13.8 Å². The zero-order valence-corrected chi connectivity index (χ0v) is 11.9. The molecule has 20 heavy (non-hydrogen) atoms. The van der Waals surface area contributed by atoms with Crippen molar-refractivity contribution in [1.82, 2.24) is 4.98 Å². The van der Waals surface area contributed by atoms with Crippen molar-refractivity contribution in [3.63, 3.8) is 0 Å². The third-order valence-electron chi connectivity index (χ3n) is 2.87. The molecule has 7 heteroatoms. The number of anilines is 2. The molecule has 112 valence electrons. The topological polar surface area (TPSA) is 100 Å². The van der Waals surface area contributed by atoms with Gasteiger partial charge in [-0.1, -0.05) is 13.8 Å². The standard InChI is InChI=1S/C13H22N4O3/c1-3-8-14-12-6-5-11(17(19)20)13(16-12)15-9-7-10(18)4-2/h5-6,10,18H,3-4,7-9H2,1-2H3,(H2,14,15,16). The molecule has 1 rings (SSSR count). The van der Waals surface area contributed by atoms with Gasteiger partial charge in [0.1, 0.15) is 5.82 Å². The van der Waals surface area contributed by atoms with Gasteiger partial charge in [0.2, 0.25) is 5.82 Å². The van der Waals surface area contributed by atoms with Crippen LogP contribution in [0.5, 0.6) is 0 Å². The van der Waals surface area contributed by atoms with Crippen LogP contribution in [0, 0.1) is 10.1 Å². The third-order valence-corrected chi connectivity index (χ3v) is 2.87. The highest BCUT2D eigenvalue weighted by Crippen LogP contribution is 2.24. The van der Waals surface area contributed by atoms with Crippen LogP contribution in [0.25, 0.3) is 0 Å². The molecular weight excluding hydrogens is 260 g/mol. The van der Waals surface area contributed by atoms with Crippen LogP contribution in [0.3, 0.4) is 0 Å². The Bertz CT molecular complexity index is 440. The second kappa shape index (κ2) is 8.31. The van der Waals surface area contributed by atoms with Gasteiger partial charge in [-0.3, -0.25) is 10.1 Å². The summed E-state index contributed by atoms with van der Waals surface area (Å²) in [6.07, 6.45) is 1.74. The number of hydrogen-bond acceptors (Lipinski definition) is 6. The number of nitrogens with one attached hydrogen (secondary N) is 2. The van der Waals surface area contributed by atoms with E-state index in [9.17, 15) is 15.2 Å². The van der Waals surface area contributed by atoms with Crippen molar-refractivity contribution in [3.8, 4) is 0 Å². The Morgan fingerprint density at radius 3 is 2.70 bits per heavy atom. The monoisotopic (exact) mass is 282 g/mol. The molecule has 0 bridgehead atoms. The normalized spacial score (nSPS) is 11.9. The summed E-state index contributed by atoms with van der Waals surface area (Å²) < 4.78 is 0. The summed E-state index contributed by atoms with van der Waals surface area (Å²) in [5.74, 6) is 0.843. The largest absolute Gasteiger partial charge is 0.393 e. The van der Waals surface area contributed by atoms with Crippen LogP contribution in [0.2, 0.25) is 0 Å². The van der Waals surface area contributed by atoms with Gasteiger partial charge >= 0.3 is 5.69 Å². The Morgan fingerprint density at radius 2 is 2.10 bits per heavy atom. The Kier molecular flexibility index (Phi) is 6.72. The van der Waals surface area contributed by atoms with Gasteiger partial charge in [-0.05, 0) is 25.3 Å². The minimum atomic E-state index is -0.463. The van der Waals surface area contributed by atoms with E-state index in [4.69, 9.17) is 0 Å². The first kappa shape index (κ1) is 16.2. The maximum absolute atomic E-state index is 11.0. The lowest BCUT2D eigenvalue weighted by Gasteiger charge is -2.11. The van der Waals surface area contributed by atoms with Gasteiger partial charge in [0.15, 0.2) is 0 Å². The summed E-state index contributed by atoms with van der Waals surface area (Å²) in [5, 5.41) is 26.4.